The van der Waals surface area contributed by atoms with Crippen LogP contribution in [0.2, 0.25) is 0 Å². The summed E-state index contributed by atoms with van der Waals surface area (Å²) >= 11 is 1.37. The topological polar surface area (TPSA) is 37.4 Å². The van der Waals surface area contributed by atoms with Crippen LogP contribution in [-0.4, -0.2) is 18.7 Å². The molecule has 3 nitrogen and oxygen atoms in total. The first-order valence-electron chi connectivity index (χ1n) is 4.93. The lowest BCUT2D eigenvalue weighted by Crippen LogP contribution is -2.28. The van der Waals surface area contributed by atoms with Crippen LogP contribution in [0.1, 0.15) is 35.5 Å². The number of hydrogen-bond donors (Lipinski definition) is 0. The molecule has 0 saturated carbocycles. The second-order valence-corrected chi connectivity index (χ2v) is 4.48. The maximum atomic E-state index is 11.4. The molecular weight excluding hydrogens is 210 g/mol. The molecule has 1 heterocycles. The molecule has 1 aromatic rings. The van der Waals surface area contributed by atoms with Gasteiger partial charge in [0.25, 0.3) is 0 Å². The number of anilines is 1. The van der Waals surface area contributed by atoms with Crippen LogP contribution in [0.4, 0.5) is 5.00 Å². The number of carbonyl (C=O) groups excluding carboxylic acids is 2. The van der Waals surface area contributed by atoms with Crippen molar-refractivity contribution in [3.8, 4) is 0 Å². The first-order valence-corrected chi connectivity index (χ1v) is 5.75. The lowest BCUT2D eigenvalue weighted by Gasteiger charge is -2.17. The van der Waals surface area contributed by atoms with Gasteiger partial charge < -0.3 is 4.90 Å². The van der Waals surface area contributed by atoms with Crippen LogP contribution in [-0.2, 0) is 4.79 Å². The van der Waals surface area contributed by atoms with Crippen LogP contribution in [0.25, 0.3) is 0 Å². The van der Waals surface area contributed by atoms with Crippen molar-refractivity contribution in [1.82, 2.24) is 0 Å². The molecule has 0 aliphatic carbocycles. The van der Waals surface area contributed by atoms with E-state index in [1.165, 1.54) is 11.3 Å². The number of hydrogen-bond acceptors (Lipinski definition) is 3. The van der Waals surface area contributed by atoms with Crippen LogP contribution < -0.4 is 4.90 Å². The Morgan fingerprint density at radius 3 is 2.67 bits per heavy atom. The van der Waals surface area contributed by atoms with Crippen molar-refractivity contribution in [2.75, 3.05) is 11.4 Å². The minimum Gasteiger partial charge on any atom is -0.304 e. The van der Waals surface area contributed by atoms with E-state index in [2.05, 4.69) is 0 Å². The zero-order valence-electron chi connectivity index (χ0n) is 9.24. The number of amides is 1. The fourth-order valence-corrected chi connectivity index (χ4v) is 2.43. The van der Waals surface area contributed by atoms with Gasteiger partial charge in [-0.25, -0.2) is 0 Å². The average Bonchev–Trinajstić information content (AvgIpc) is 2.55. The molecule has 4 heteroatoms. The van der Waals surface area contributed by atoms with Crippen LogP contribution >= 0.6 is 11.3 Å². The minimum atomic E-state index is 0.0237. The number of aryl methyl sites for hydroxylation is 1. The van der Waals surface area contributed by atoms with Gasteiger partial charge in [-0.3, -0.25) is 9.59 Å². The highest BCUT2D eigenvalue weighted by Gasteiger charge is 2.14. The van der Waals surface area contributed by atoms with Gasteiger partial charge in [0.15, 0.2) is 6.29 Å². The van der Waals surface area contributed by atoms with Crippen molar-refractivity contribution in [1.29, 1.82) is 0 Å². The lowest BCUT2D eigenvalue weighted by molar-refractivity contribution is -0.116. The summed E-state index contributed by atoms with van der Waals surface area (Å²) in [5, 5.41) is 0.865. The first kappa shape index (κ1) is 11.9. The van der Waals surface area contributed by atoms with Gasteiger partial charge >= 0.3 is 0 Å². The van der Waals surface area contributed by atoms with Gasteiger partial charge in [-0.1, -0.05) is 6.92 Å². The van der Waals surface area contributed by atoms with Gasteiger partial charge in [0.2, 0.25) is 5.91 Å². The van der Waals surface area contributed by atoms with E-state index in [1.807, 2.05) is 19.9 Å². The summed E-state index contributed by atoms with van der Waals surface area (Å²) in [5.41, 5.74) is 0.937. The van der Waals surface area contributed by atoms with Crippen LogP contribution in [0.3, 0.4) is 0 Å². The number of nitrogens with zero attached hydrogens (tertiary/aromatic N) is 1. The second-order valence-electron chi connectivity index (χ2n) is 3.42. The summed E-state index contributed by atoms with van der Waals surface area (Å²) in [7, 11) is 0. The monoisotopic (exact) mass is 225 g/mol. The summed E-state index contributed by atoms with van der Waals surface area (Å²) in [5.74, 6) is 0.0237. The molecular formula is C11H15NO2S. The van der Waals surface area contributed by atoms with E-state index in [0.29, 0.717) is 11.4 Å². The molecule has 0 saturated heterocycles. The third kappa shape index (κ3) is 2.65. The van der Waals surface area contributed by atoms with Crippen molar-refractivity contribution >= 4 is 28.5 Å². The number of carbonyl (C=O) groups is 2. The summed E-state index contributed by atoms with van der Waals surface area (Å²) in [6.07, 6.45) is 1.75. The SMILES string of the molecule is CCCN(C(C)=O)c1cc(C)c(C=O)s1. The molecule has 0 spiro atoms. The zero-order chi connectivity index (χ0) is 11.4. The lowest BCUT2D eigenvalue weighted by atomic mass is 10.3. The van der Waals surface area contributed by atoms with Gasteiger partial charge in [0.05, 0.1) is 9.88 Å². The molecule has 0 fully saturated rings. The van der Waals surface area contributed by atoms with Crippen molar-refractivity contribution < 1.29 is 9.59 Å². The molecule has 0 N–H and O–H groups in total. The molecule has 0 radical (unpaired) electrons. The molecule has 82 valence electrons. The molecule has 0 unspecified atom stereocenters. The Balaban J connectivity index is 3.00. The Hall–Kier alpha value is -1.16. The van der Waals surface area contributed by atoms with Gasteiger partial charge in [0, 0.05) is 13.5 Å². The first-order chi connectivity index (χ1) is 7.10. The quantitative estimate of drug-likeness (QED) is 0.739. The highest BCUT2D eigenvalue weighted by molar-refractivity contribution is 7.18. The van der Waals surface area contributed by atoms with Gasteiger partial charge in [-0.05, 0) is 25.0 Å². The van der Waals surface area contributed by atoms with E-state index in [0.717, 1.165) is 23.3 Å². The van der Waals surface area contributed by atoms with Crippen molar-refractivity contribution in [3.63, 3.8) is 0 Å². The smallest absolute Gasteiger partial charge is 0.224 e. The molecule has 0 aromatic carbocycles. The highest BCUT2D eigenvalue weighted by atomic mass is 32.1. The summed E-state index contributed by atoms with van der Waals surface area (Å²) in [6.45, 7) is 6.16. The maximum Gasteiger partial charge on any atom is 0.224 e. The summed E-state index contributed by atoms with van der Waals surface area (Å²) in [6, 6.07) is 1.89. The van der Waals surface area contributed by atoms with E-state index in [4.69, 9.17) is 0 Å². The summed E-state index contributed by atoms with van der Waals surface area (Å²) < 4.78 is 0. The third-order valence-corrected chi connectivity index (χ3v) is 3.33. The van der Waals surface area contributed by atoms with Gasteiger partial charge in [-0.2, -0.15) is 0 Å². The predicted octanol–water partition coefficient (Wildman–Crippen LogP) is 2.63. The van der Waals surface area contributed by atoms with E-state index in [9.17, 15) is 9.59 Å². The van der Waals surface area contributed by atoms with Crippen molar-refractivity contribution in [3.05, 3.63) is 16.5 Å². The fourth-order valence-electron chi connectivity index (χ4n) is 1.38. The normalized spacial score (nSPS) is 10.1. The number of aldehydes is 1. The molecule has 0 aliphatic heterocycles. The van der Waals surface area contributed by atoms with Gasteiger partial charge in [-0.15, -0.1) is 11.3 Å². The third-order valence-electron chi connectivity index (χ3n) is 2.14. The highest BCUT2D eigenvalue weighted by Crippen LogP contribution is 2.28. The standard InChI is InChI=1S/C11H15NO2S/c1-4-5-12(9(3)14)11-6-8(2)10(7-13)15-11/h6-7H,4-5H2,1-3H3. The predicted molar refractivity (Wildman–Crippen MR) is 62.8 cm³/mol. The Morgan fingerprint density at radius 2 is 2.27 bits per heavy atom. The van der Waals surface area contributed by atoms with Crippen LogP contribution in [0.15, 0.2) is 6.07 Å². The summed E-state index contributed by atoms with van der Waals surface area (Å²) in [4.78, 5) is 24.5. The van der Waals surface area contributed by atoms with E-state index in [1.54, 1.807) is 11.8 Å². The molecule has 0 bridgehead atoms. The van der Waals surface area contributed by atoms with Crippen molar-refractivity contribution in [2.24, 2.45) is 0 Å². The van der Waals surface area contributed by atoms with E-state index in [-0.39, 0.29) is 5.91 Å². The Labute approximate surface area is 93.7 Å². The molecule has 15 heavy (non-hydrogen) atoms. The molecule has 0 atom stereocenters. The molecule has 1 aromatic heterocycles. The molecule has 1 amide bonds. The average molecular weight is 225 g/mol. The van der Waals surface area contributed by atoms with Gasteiger partial charge in [0.1, 0.15) is 0 Å². The minimum absolute atomic E-state index is 0.0237. The number of rotatable bonds is 4. The van der Waals surface area contributed by atoms with E-state index >= 15 is 0 Å². The second kappa shape index (κ2) is 5.07. The number of thiophene rings is 1. The van der Waals surface area contributed by atoms with Crippen molar-refractivity contribution in [2.45, 2.75) is 27.2 Å². The van der Waals surface area contributed by atoms with E-state index < -0.39 is 0 Å². The Kier molecular flexibility index (Phi) is 4.03. The Bertz CT molecular complexity index is 371. The fraction of sp³-hybridized carbons (Fsp3) is 0.455. The van der Waals surface area contributed by atoms with Crippen LogP contribution in [0, 0.1) is 6.92 Å². The largest absolute Gasteiger partial charge is 0.304 e. The molecule has 0 aliphatic rings. The maximum absolute atomic E-state index is 11.4. The Morgan fingerprint density at radius 1 is 1.60 bits per heavy atom. The zero-order valence-corrected chi connectivity index (χ0v) is 10.1. The molecule has 1 rings (SSSR count). The van der Waals surface area contributed by atoms with Crippen LogP contribution in [0.5, 0.6) is 0 Å².